The van der Waals surface area contributed by atoms with Crippen LogP contribution in [0.4, 0.5) is 4.39 Å². The van der Waals surface area contributed by atoms with Crippen molar-refractivity contribution < 1.29 is 14.3 Å². The lowest BCUT2D eigenvalue weighted by molar-refractivity contribution is 0.0695. The van der Waals surface area contributed by atoms with E-state index in [-0.39, 0.29) is 22.5 Å². The van der Waals surface area contributed by atoms with Crippen molar-refractivity contribution in [3.8, 4) is 11.4 Å². The topological polar surface area (TPSA) is 88.0 Å². The maximum atomic E-state index is 14.8. The van der Waals surface area contributed by atoms with Crippen LogP contribution in [0.15, 0.2) is 41.3 Å². The second kappa shape index (κ2) is 5.76. The van der Waals surface area contributed by atoms with Gasteiger partial charge < -0.3 is 14.7 Å². The van der Waals surface area contributed by atoms with Gasteiger partial charge in [-0.1, -0.05) is 29.8 Å². The number of benzene rings is 2. The lowest BCUT2D eigenvalue weighted by Crippen LogP contribution is -2.19. The van der Waals surface area contributed by atoms with Crippen molar-refractivity contribution in [1.82, 2.24) is 14.5 Å². The second-order valence-corrected chi connectivity index (χ2v) is 7.25. The van der Waals surface area contributed by atoms with Crippen LogP contribution >= 0.6 is 0 Å². The molecule has 0 aliphatic heterocycles. The minimum absolute atomic E-state index is 0.0518. The Morgan fingerprint density at radius 1 is 1.29 bits per heavy atom. The number of fused-ring (bicyclic) bond motifs is 3. The van der Waals surface area contributed by atoms with Gasteiger partial charge in [-0.3, -0.25) is 4.79 Å². The van der Waals surface area contributed by atoms with Gasteiger partial charge in [0.25, 0.3) is 0 Å². The second-order valence-electron chi connectivity index (χ2n) is 7.25. The Labute approximate surface area is 158 Å². The lowest BCUT2D eigenvalue weighted by Gasteiger charge is -2.12. The zero-order valence-corrected chi connectivity index (χ0v) is 15.0. The first-order valence-electron chi connectivity index (χ1n) is 9.01. The van der Waals surface area contributed by atoms with E-state index in [0.29, 0.717) is 16.9 Å². The van der Waals surface area contributed by atoms with Crippen LogP contribution in [0.3, 0.4) is 0 Å². The number of nitrogens with zero attached hydrogens (tertiary/aromatic N) is 2. The van der Waals surface area contributed by atoms with E-state index >= 15 is 0 Å². The molecule has 6 nitrogen and oxygen atoms in total. The largest absolute Gasteiger partial charge is 0.477 e. The number of aromatic carboxylic acids is 1. The summed E-state index contributed by atoms with van der Waals surface area (Å²) in [6, 6.07) is 8.87. The molecule has 0 atom stereocenters. The standard InChI is InChI=1S/C21H16FN3O3/c1-10-2-4-11(5-3-10)20-23-16-15(22)8-13-18(17(16)24-20)25(12-6-7-12)9-14(19(13)26)21(27)28/h2-5,8-9,12H,6-7H2,1H3,(H,23,24)(H,27,28). The Balaban J connectivity index is 1.88. The van der Waals surface area contributed by atoms with Gasteiger partial charge in [0.15, 0.2) is 5.82 Å². The Morgan fingerprint density at radius 2 is 2.00 bits per heavy atom. The summed E-state index contributed by atoms with van der Waals surface area (Å²) in [6.07, 6.45) is 3.14. The fourth-order valence-corrected chi connectivity index (χ4v) is 3.61. The Hall–Kier alpha value is -3.48. The third kappa shape index (κ3) is 2.43. The van der Waals surface area contributed by atoms with Crippen LogP contribution in [0.5, 0.6) is 0 Å². The average Bonchev–Trinajstić information content (AvgIpc) is 3.41. The summed E-state index contributed by atoms with van der Waals surface area (Å²) in [6.45, 7) is 1.98. The number of halogens is 1. The molecule has 0 bridgehead atoms. The highest BCUT2D eigenvalue weighted by Crippen LogP contribution is 2.39. The quantitative estimate of drug-likeness (QED) is 0.564. The molecule has 2 heterocycles. The minimum atomic E-state index is -1.31. The van der Waals surface area contributed by atoms with Crippen molar-refractivity contribution in [3.05, 3.63) is 63.7 Å². The Morgan fingerprint density at radius 3 is 2.64 bits per heavy atom. The van der Waals surface area contributed by atoms with Gasteiger partial charge in [0, 0.05) is 17.8 Å². The number of imidazole rings is 1. The predicted molar refractivity (Wildman–Crippen MR) is 103 cm³/mol. The Bertz CT molecular complexity index is 1330. The molecule has 1 saturated carbocycles. The van der Waals surface area contributed by atoms with E-state index in [0.717, 1.165) is 30.0 Å². The van der Waals surface area contributed by atoms with Crippen molar-refractivity contribution in [3.63, 3.8) is 0 Å². The van der Waals surface area contributed by atoms with Crippen molar-refractivity contribution >= 4 is 27.9 Å². The van der Waals surface area contributed by atoms with Crippen LogP contribution in [0.2, 0.25) is 0 Å². The van der Waals surface area contributed by atoms with Gasteiger partial charge in [-0.05, 0) is 25.8 Å². The van der Waals surface area contributed by atoms with Crippen LogP contribution in [-0.4, -0.2) is 25.6 Å². The molecular weight excluding hydrogens is 361 g/mol. The predicted octanol–water partition coefficient (Wildman–Crippen LogP) is 4.03. The van der Waals surface area contributed by atoms with E-state index in [1.807, 2.05) is 31.2 Å². The van der Waals surface area contributed by atoms with Crippen LogP contribution < -0.4 is 5.43 Å². The van der Waals surface area contributed by atoms with Crippen LogP contribution in [-0.2, 0) is 0 Å². The molecule has 2 aromatic heterocycles. The number of carbonyl (C=O) groups is 1. The molecule has 0 spiro atoms. The first-order chi connectivity index (χ1) is 13.4. The number of aryl methyl sites for hydroxylation is 1. The number of aromatic amines is 1. The molecule has 140 valence electrons. The summed E-state index contributed by atoms with van der Waals surface area (Å²) in [5, 5.41) is 9.43. The number of carboxylic acids is 1. The molecule has 2 aromatic carbocycles. The number of pyridine rings is 1. The highest BCUT2D eigenvalue weighted by Gasteiger charge is 2.29. The van der Waals surface area contributed by atoms with Gasteiger partial charge in [0.2, 0.25) is 5.43 Å². The number of rotatable bonds is 3. The van der Waals surface area contributed by atoms with Gasteiger partial charge in [-0.25, -0.2) is 14.2 Å². The monoisotopic (exact) mass is 377 g/mol. The summed E-state index contributed by atoms with van der Waals surface area (Å²) < 4.78 is 16.6. The first kappa shape index (κ1) is 16.7. The maximum absolute atomic E-state index is 14.8. The number of H-pyrrole nitrogens is 1. The number of hydrogen-bond acceptors (Lipinski definition) is 3. The first-order valence-corrected chi connectivity index (χ1v) is 9.01. The highest BCUT2D eigenvalue weighted by molar-refractivity contribution is 6.05. The molecule has 1 fully saturated rings. The highest BCUT2D eigenvalue weighted by atomic mass is 19.1. The van der Waals surface area contributed by atoms with Crippen molar-refractivity contribution in [1.29, 1.82) is 0 Å². The summed E-state index contributed by atoms with van der Waals surface area (Å²) >= 11 is 0. The molecule has 5 rings (SSSR count). The summed E-state index contributed by atoms with van der Waals surface area (Å²) in [5.41, 5.74) is 1.91. The number of nitrogens with one attached hydrogen (secondary N) is 1. The molecule has 7 heteroatoms. The molecule has 28 heavy (non-hydrogen) atoms. The van der Waals surface area contributed by atoms with Gasteiger partial charge >= 0.3 is 5.97 Å². The third-order valence-electron chi connectivity index (χ3n) is 5.20. The van der Waals surface area contributed by atoms with Crippen LogP contribution in [0.25, 0.3) is 33.3 Å². The van der Waals surface area contributed by atoms with Gasteiger partial charge in [-0.2, -0.15) is 0 Å². The van der Waals surface area contributed by atoms with E-state index < -0.39 is 17.2 Å². The summed E-state index contributed by atoms with van der Waals surface area (Å²) in [4.78, 5) is 31.7. The third-order valence-corrected chi connectivity index (χ3v) is 5.20. The molecule has 1 aliphatic carbocycles. The lowest BCUT2D eigenvalue weighted by atomic mass is 10.1. The normalized spacial score (nSPS) is 14.1. The number of carboxylic acid groups (broad SMARTS) is 1. The summed E-state index contributed by atoms with van der Waals surface area (Å²) in [5.74, 6) is -1.47. The number of aromatic nitrogens is 3. The zero-order chi connectivity index (χ0) is 19.6. The van der Waals surface area contributed by atoms with Gasteiger partial charge in [0.05, 0.1) is 16.4 Å². The molecule has 4 aromatic rings. The molecule has 0 amide bonds. The molecule has 0 radical (unpaired) electrons. The molecule has 1 aliphatic rings. The van der Waals surface area contributed by atoms with Gasteiger partial charge in [-0.15, -0.1) is 0 Å². The molecular formula is C21H16FN3O3. The van der Waals surface area contributed by atoms with E-state index in [2.05, 4.69) is 9.97 Å². The van der Waals surface area contributed by atoms with E-state index in [1.54, 1.807) is 4.57 Å². The van der Waals surface area contributed by atoms with Gasteiger partial charge in [0.1, 0.15) is 16.9 Å². The molecule has 0 saturated heterocycles. The van der Waals surface area contributed by atoms with E-state index in [9.17, 15) is 19.1 Å². The fourth-order valence-electron chi connectivity index (χ4n) is 3.61. The fraction of sp³-hybridized carbons (Fsp3) is 0.190. The average molecular weight is 377 g/mol. The van der Waals surface area contributed by atoms with Crippen molar-refractivity contribution in [2.24, 2.45) is 0 Å². The number of hydrogen-bond donors (Lipinski definition) is 2. The minimum Gasteiger partial charge on any atom is -0.477 e. The van der Waals surface area contributed by atoms with Crippen LogP contribution in [0.1, 0.15) is 34.8 Å². The molecule has 2 N–H and O–H groups in total. The Kier molecular flexibility index (Phi) is 3.43. The van der Waals surface area contributed by atoms with Crippen molar-refractivity contribution in [2.75, 3.05) is 0 Å². The SMILES string of the molecule is Cc1ccc(-c2nc3c(F)cc4c(=O)c(C(=O)O)cn(C5CC5)c4c3[nH]2)cc1. The maximum Gasteiger partial charge on any atom is 0.341 e. The summed E-state index contributed by atoms with van der Waals surface area (Å²) in [7, 11) is 0. The van der Waals surface area contributed by atoms with Crippen LogP contribution in [0, 0.1) is 12.7 Å². The molecule has 0 unspecified atom stereocenters. The van der Waals surface area contributed by atoms with Crippen molar-refractivity contribution in [2.45, 2.75) is 25.8 Å². The van der Waals surface area contributed by atoms with E-state index in [4.69, 9.17) is 0 Å². The zero-order valence-electron chi connectivity index (χ0n) is 15.0. The smallest absolute Gasteiger partial charge is 0.341 e. The van der Waals surface area contributed by atoms with E-state index in [1.165, 1.54) is 6.20 Å².